The molecule has 0 heterocycles. The second-order valence-electron chi connectivity index (χ2n) is 4.64. The van der Waals surface area contributed by atoms with E-state index in [0.29, 0.717) is 16.2 Å². The monoisotopic (exact) mass is 302 g/mol. The zero-order chi connectivity index (χ0) is 15.2. The van der Waals surface area contributed by atoms with Crippen LogP contribution in [-0.2, 0) is 17.2 Å². The largest absolute Gasteiger partial charge is 0.497 e. The van der Waals surface area contributed by atoms with Crippen molar-refractivity contribution in [3.63, 3.8) is 0 Å². The van der Waals surface area contributed by atoms with Crippen LogP contribution in [0.5, 0.6) is 5.75 Å². The molecule has 1 atom stereocenters. The Hall–Kier alpha value is -1.94. The molecule has 0 aliphatic carbocycles. The molecular formula is C17H18O3S. The van der Waals surface area contributed by atoms with Crippen molar-refractivity contribution in [2.45, 2.75) is 18.2 Å². The molecule has 0 radical (unpaired) electrons. The summed E-state index contributed by atoms with van der Waals surface area (Å²) < 4.78 is 17.4. The van der Waals surface area contributed by atoms with Crippen LogP contribution in [0.4, 0.5) is 0 Å². The lowest BCUT2D eigenvalue weighted by Crippen LogP contribution is -2.11. The molecule has 21 heavy (non-hydrogen) atoms. The SMILES string of the molecule is CCc1ccc(C(=O)CS(=O)c2cccc(OC)c2)cc1. The van der Waals surface area contributed by atoms with Crippen molar-refractivity contribution in [2.24, 2.45) is 0 Å². The van der Waals surface area contributed by atoms with Crippen molar-refractivity contribution < 1.29 is 13.7 Å². The van der Waals surface area contributed by atoms with Crippen LogP contribution in [0.1, 0.15) is 22.8 Å². The molecule has 0 aliphatic rings. The Kier molecular flexibility index (Phi) is 5.28. The average Bonchev–Trinajstić information content (AvgIpc) is 2.54. The summed E-state index contributed by atoms with van der Waals surface area (Å²) in [6.45, 7) is 2.06. The fourth-order valence-electron chi connectivity index (χ4n) is 1.95. The number of hydrogen-bond donors (Lipinski definition) is 0. The molecule has 0 bridgehead atoms. The molecule has 0 aliphatic heterocycles. The lowest BCUT2D eigenvalue weighted by Gasteiger charge is -2.05. The van der Waals surface area contributed by atoms with Crippen molar-refractivity contribution in [1.82, 2.24) is 0 Å². The normalized spacial score (nSPS) is 11.9. The molecule has 1 unspecified atom stereocenters. The summed E-state index contributed by atoms with van der Waals surface area (Å²) in [6.07, 6.45) is 0.935. The lowest BCUT2D eigenvalue weighted by molar-refractivity contribution is 0.102. The van der Waals surface area contributed by atoms with Gasteiger partial charge in [-0.25, -0.2) is 0 Å². The third-order valence-electron chi connectivity index (χ3n) is 3.25. The van der Waals surface area contributed by atoms with Gasteiger partial charge in [-0.15, -0.1) is 0 Å². The molecular weight excluding hydrogens is 284 g/mol. The molecule has 2 aromatic carbocycles. The number of carbonyl (C=O) groups excluding carboxylic acids is 1. The smallest absolute Gasteiger partial charge is 0.175 e. The summed E-state index contributed by atoms with van der Waals surface area (Å²) in [7, 11) is 0.195. The predicted molar refractivity (Wildman–Crippen MR) is 84.4 cm³/mol. The molecule has 0 fully saturated rings. The van der Waals surface area contributed by atoms with E-state index < -0.39 is 10.8 Å². The Morgan fingerprint density at radius 3 is 2.48 bits per heavy atom. The number of hydrogen-bond acceptors (Lipinski definition) is 3. The van der Waals surface area contributed by atoms with E-state index in [1.165, 1.54) is 5.56 Å². The van der Waals surface area contributed by atoms with Gasteiger partial charge >= 0.3 is 0 Å². The number of ether oxygens (including phenoxy) is 1. The van der Waals surface area contributed by atoms with Gasteiger partial charge in [0, 0.05) is 10.5 Å². The molecule has 3 nitrogen and oxygen atoms in total. The van der Waals surface area contributed by atoms with E-state index in [-0.39, 0.29) is 11.5 Å². The van der Waals surface area contributed by atoms with Crippen molar-refractivity contribution >= 4 is 16.6 Å². The van der Waals surface area contributed by atoms with Crippen LogP contribution >= 0.6 is 0 Å². The fourth-order valence-corrected chi connectivity index (χ4v) is 3.00. The van der Waals surface area contributed by atoms with Gasteiger partial charge in [-0.1, -0.05) is 37.3 Å². The standard InChI is InChI=1S/C17H18O3S/c1-3-13-7-9-14(10-8-13)17(18)12-21(19)16-6-4-5-15(11-16)20-2/h4-11H,3,12H2,1-2H3. The van der Waals surface area contributed by atoms with Crippen molar-refractivity contribution in [3.8, 4) is 5.75 Å². The first kappa shape index (κ1) is 15.4. The molecule has 110 valence electrons. The number of carbonyl (C=O) groups is 1. The minimum Gasteiger partial charge on any atom is -0.497 e. The van der Waals surface area contributed by atoms with Gasteiger partial charge in [0.2, 0.25) is 0 Å². The Balaban J connectivity index is 2.08. The second-order valence-corrected chi connectivity index (χ2v) is 6.09. The Morgan fingerprint density at radius 2 is 1.86 bits per heavy atom. The van der Waals surface area contributed by atoms with Gasteiger partial charge < -0.3 is 4.74 Å². The fraction of sp³-hybridized carbons (Fsp3) is 0.235. The van der Waals surface area contributed by atoms with Crippen molar-refractivity contribution in [1.29, 1.82) is 0 Å². The van der Waals surface area contributed by atoms with E-state index in [4.69, 9.17) is 4.74 Å². The van der Waals surface area contributed by atoms with Crippen LogP contribution in [-0.4, -0.2) is 22.9 Å². The summed E-state index contributed by atoms with van der Waals surface area (Å²) >= 11 is 0. The molecule has 0 aromatic heterocycles. The van der Waals surface area contributed by atoms with Crippen LogP contribution < -0.4 is 4.74 Å². The van der Waals surface area contributed by atoms with Gasteiger partial charge in [0.05, 0.1) is 23.7 Å². The quantitative estimate of drug-likeness (QED) is 0.769. The van der Waals surface area contributed by atoms with Crippen LogP contribution in [0, 0.1) is 0 Å². The molecule has 0 saturated heterocycles. The third kappa shape index (κ3) is 4.02. The Morgan fingerprint density at radius 1 is 1.14 bits per heavy atom. The molecule has 0 N–H and O–H groups in total. The number of rotatable bonds is 6. The first-order valence-electron chi connectivity index (χ1n) is 6.78. The number of ketones is 1. The highest BCUT2D eigenvalue weighted by molar-refractivity contribution is 7.85. The van der Waals surface area contributed by atoms with E-state index in [2.05, 4.69) is 6.92 Å². The molecule has 0 spiro atoms. The zero-order valence-electron chi connectivity index (χ0n) is 12.2. The van der Waals surface area contributed by atoms with E-state index in [1.54, 1.807) is 43.5 Å². The number of methoxy groups -OCH3 is 1. The first-order chi connectivity index (χ1) is 10.1. The van der Waals surface area contributed by atoms with E-state index >= 15 is 0 Å². The lowest BCUT2D eigenvalue weighted by atomic mass is 10.1. The van der Waals surface area contributed by atoms with Crippen LogP contribution in [0.25, 0.3) is 0 Å². The molecule has 0 saturated carbocycles. The van der Waals surface area contributed by atoms with Crippen LogP contribution in [0.2, 0.25) is 0 Å². The van der Waals surface area contributed by atoms with Crippen LogP contribution in [0.3, 0.4) is 0 Å². The van der Waals surface area contributed by atoms with E-state index in [1.807, 2.05) is 12.1 Å². The van der Waals surface area contributed by atoms with Crippen molar-refractivity contribution in [2.75, 3.05) is 12.9 Å². The van der Waals surface area contributed by atoms with E-state index in [9.17, 15) is 9.00 Å². The first-order valence-corrected chi connectivity index (χ1v) is 8.10. The number of Topliss-reactive ketones (excluding diaryl/α,β-unsaturated/α-hetero) is 1. The highest BCUT2D eigenvalue weighted by Gasteiger charge is 2.13. The summed E-state index contributed by atoms with van der Waals surface area (Å²) in [5, 5.41) is 0. The topological polar surface area (TPSA) is 43.4 Å². The maximum atomic E-state index is 12.3. The summed E-state index contributed by atoms with van der Waals surface area (Å²) in [5.74, 6) is 0.512. The predicted octanol–water partition coefficient (Wildman–Crippen LogP) is 3.25. The summed E-state index contributed by atoms with van der Waals surface area (Å²) in [6, 6.07) is 14.4. The minimum atomic E-state index is -1.36. The summed E-state index contributed by atoms with van der Waals surface area (Å²) in [5.41, 5.74) is 1.78. The van der Waals surface area contributed by atoms with Crippen molar-refractivity contribution in [3.05, 3.63) is 59.7 Å². The van der Waals surface area contributed by atoms with Gasteiger partial charge in [-0.2, -0.15) is 0 Å². The van der Waals surface area contributed by atoms with Crippen LogP contribution in [0.15, 0.2) is 53.4 Å². The Bertz CT molecular complexity index is 647. The maximum absolute atomic E-state index is 12.3. The highest BCUT2D eigenvalue weighted by Crippen LogP contribution is 2.16. The highest BCUT2D eigenvalue weighted by atomic mass is 32.2. The van der Waals surface area contributed by atoms with Gasteiger partial charge in [0.1, 0.15) is 5.75 Å². The molecule has 2 aromatic rings. The molecule has 0 amide bonds. The third-order valence-corrected chi connectivity index (χ3v) is 4.55. The van der Waals surface area contributed by atoms with Gasteiger partial charge in [-0.3, -0.25) is 9.00 Å². The van der Waals surface area contributed by atoms with E-state index in [0.717, 1.165) is 6.42 Å². The number of aryl methyl sites for hydroxylation is 1. The van der Waals surface area contributed by atoms with Gasteiger partial charge in [0.25, 0.3) is 0 Å². The second kappa shape index (κ2) is 7.18. The molecule has 2 rings (SSSR count). The average molecular weight is 302 g/mol. The Labute approximate surface area is 127 Å². The van der Waals surface area contributed by atoms with Gasteiger partial charge in [0.15, 0.2) is 5.78 Å². The summed E-state index contributed by atoms with van der Waals surface area (Å²) in [4.78, 5) is 12.8. The molecule has 4 heteroatoms. The zero-order valence-corrected chi connectivity index (χ0v) is 13.0. The number of benzene rings is 2. The van der Waals surface area contributed by atoms with Gasteiger partial charge in [-0.05, 0) is 30.2 Å². The minimum absolute atomic E-state index is 0.0152. The maximum Gasteiger partial charge on any atom is 0.175 e.